The van der Waals surface area contributed by atoms with Crippen molar-refractivity contribution in [2.75, 3.05) is 28.4 Å². The second kappa shape index (κ2) is 9.82. The largest absolute Gasteiger partial charge is 0.504 e. The maximum atomic E-state index is 13.6. The normalized spacial score (nSPS) is 21.7. The van der Waals surface area contributed by atoms with Gasteiger partial charge in [0.05, 0.1) is 28.4 Å². The summed E-state index contributed by atoms with van der Waals surface area (Å²) in [6, 6.07) is 10.6. The van der Waals surface area contributed by atoms with E-state index in [0.717, 1.165) is 5.56 Å². The number of ketones is 1. The van der Waals surface area contributed by atoms with Crippen LogP contribution < -0.4 is 14.2 Å². The Morgan fingerprint density at radius 1 is 0.914 bits per heavy atom. The van der Waals surface area contributed by atoms with Crippen molar-refractivity contribution >= 4 is 17.5 Å². The Labute approximate surface area is 204 Å². The Morgan fingerprint density at radius 3 is 2.20 bits per heavy atom. The first-order valence-corrected chi connectivity index (χ1v) is 11.3. The monoisotopic (exact) mass is 479 g/mol. The number of phenols is 1. The van der Waals surface area contributed by atoms with E-state index in [2.05, 4.69) is 0 Å². The third-order valence-corrected chi connectivity index (χ3v) is 6.78. The number of benzene rings is 2. The molecule has 0 bridgehead atoms. The van der Waals surface area contributed by atoms with Gasteiger partial charge in [-0.25, -0.2) is 0 Å². The lowest BCUT2D eigenvalue weighted by Crippen LogP contribution is -2.37. The lowest BCUT2D eigenvalue weighted by atomic mass is 9.69. The zero-order chi connectivity index (χ0) is 25.3. The summed E-state index contributed by atoms with van der Waals surface area (Å²) in [6.07, 6.45) is 0.788. The summed E-state index contributed by atoms with van der Waals surface area (Å²) in [5.41, 5.74) is 3.28. The standard InChI is InChI=1S/C27H29NO7/c1-14-24(27(31)35-5)25(16-7-8-21(32-2)19(29)11-16)26-18(28-14)10-17(12-20(26)30)15-6-9-22(33-3)23(13-15)34-4/h6-9,11,13,17,24-25,29H,10,12H2,1-5H3/t17-,24?,25+/m0/s1. The number of allylic oxidation sites excluding steroid dienone is 2. The molecule has 0 radical (unpaired) electrons. The lowest BCUT2D eigenvalue weighted by molar-refractivity contribution is -0.143. The number of carbonyl (C=O) groups excluding carboxylic acids is 2. The Kier molecular flexibility index (Phi) is 6.82. The van der Waals surface area contributed by atoms with Gasteiger partial charge in [-0.15, -0.1) is 0 Å². The molecule has 35 heavy (non-hydrogen) atoms. The topological polar surface area (TPSA) is 104 Å². The van der Waals surface area contributed by atoms with Gasteiger partial charge in [0.2, 0.25) is 0 Å². The summed E-state index contributed by atoms with van der Waals surface area (Å²) in [5, 5.41) is 10.4. The molecular formula is C27H29NO7. The predicted octanol–water partition coefficient (Wildman–Crippen LogP) is 4.17. The molecule has 1 unspecified atom stereocenters. The SMILES string of the molecule is COC(=O)C1C(C)=NC2=C(C(=O)C[C@@H](c3ccc(OC)c(OC)c3)C2)[C@@H]1c1ccc(OC)c(O)c1. The van der Waals surface area contributed by atoms with Crippen LogP contribution >= 0.6 is 0 Å². The van der Waals surface area contributed by atoms with Crippen molar-refractivity contribution in [1.82, 2.24) is 0 Å². The molecule has 8 nitrogen and oxygen atoms in total. The van der Waals surface area contributed by atoms with E-state index in [1.165, 1.54) is 20.3 Å². The molecule has 0 spiro atoms. The lowest BCUT2D eigenvalue weighted by Gasteiger charge is -2.36. The van der Waals surface area contributed by atoms with Crippen LogP contribution in [0.1, 0.15) is 42.7 Å². The molecule has 1 aliphatic carbocycles. The number of carbonyl (C=O) groups is 2. The highest BCUT2D eigenvalue weighted by atomic mass is 16.5. The van der Waals surface area contributed by atoms with Crippen LogP contribution in [0.2, 0.25) is 0 Å². The summed E-state index contributed by atoms with van der Waals surface area (Å²) < 4.78 is 21.0. The maximum Gasteiger partial charge on any atom is 0.315 e. The molecule has 2 aliphatic rings. The number of esters is 1. The third-order valence-electron chi connectivity index (χ3n) is 6.78. The molecular weight excluding hydrogens is 450 g/mol. The first-order chi connectivity index (χ1) is 16.8. The van der Waals surface area contributed by atoms with Crippen LogP contribution in [0.5, 0.6) is 23.0 Å². The van der Waals surface area contributed by atoms with Crippen LogP contribution in [0.15, 0.2) is 52.7 Å². The van der Waals surface area contributed by atoms with Gasteiger partial charge in [0.25, 0.3) is 0 Å². The van der Waals surface area contributed by atoms with Gasteiger partial charge in [0.1, 0.15) is 5.92 Å². The fourth-order valence-corrected chi connectivity index (χ4v) is 5.09. The van der Waals surface area contributed by atoms with Gasteiger partial charge < -0.3 is 24.1 Å². The van der Waals surface area contributed by atoms with Gasteiger partial charge >= 0.3 is 5.97 Å². The minimum Gasteiger partial charge on any atom is -0.504 e. The van der Waals surface area contributed by atoms with Crippen LogP contribution in [0.3, 0.4) is 0 Å². The summed E-state index contributed by atoms with van der Waals surface area (Å²) in [7, 11) is 5.93. The highest BCUT2D eigenvalue weighted by Crippen LogP contribution is 2.48. The molecule has 3 atom stereocenters. The number of phenolic OH excluding ortho intramolecular Hbond substituents is 1. The van der Waals surface area contributed by atoms with Crippen LogP contribution in [0, 0.1) is 5.92 Å². The van der Waals surface area contributed by atoms with Crippen molar-refractivity contribution < 1.29 is 33.6 Å². The van der Waals surface area contributed by atoms with E-state index in [1.807, 2.05) is 18.2 Å². The molecule has 8 heteroatoms. The number of ether oxygens (including phenoxy) is 4. The third kappa shape index (κ3) is 4.36. The van der Waals surface area contributed by atoms with E-state index in [0.29, 0.717) is 46.2 Å². The second-order valence-electron chi connectivity index (χ2n) is 8.67. The first-order valence-electron chi connectivity index (χ1n) is 11.3. The number of Topliss-reactive ketones (excluding diaryl/α,β-unsaturated/α-hetero) is 1. The molecule has 0 saturated heterocycles. The minimum absolute atomic E-state index is 0.0672. The van der Waals surface area contributed by atoms with Crippen molar-refractivity contribution in [3.05, 3.63) is 58.8 Å². The molecule has 0 amide bonds. The molecule has 0 aromatic heterocycles. The van der Waals surface area contributed by atoms with E-state index in [-0.39, 0.29) is 23.9 Å². The molecule has 1 N–H and O–H groups in total. The fourth-order valence-electron chi connectivity index (χ4n) is 5.09. The van der Waals surface area contributed by atoms with Gasteiger partial charge in [-0.2, -0.15) is 0 Å². The van der Waals surface area contributed by atoms with E-state index in [1.54, 1.807) is 33.3 Å². The average molecular weight is 480 g/mol. The zero-order valence-corrected chi connectivity index (χ0v) is 20.5. The van der Waals surface area contributed by atoms with Gasteiger partial charge in [0, 0.05) is 29.3 Å². The molecule has 2 aromatic rings. The fraction of sp³-hybridized carbons (Fsp3) is 0.370. The number of aromatic hydroxyl groups is 1. The smallest absolute Gasteiger partial charge is 0.315 e. The van der Waals surface area contributed by atoms with E-state index >= 15 is 0 Å². The van der Waals surface area contributed by atoms with Crippen LogP contribution in [-0.4, -0.2) is 51.0 Å². The molecule has 4 rings (SSSR count). The Morgan fingerprint density at radius 2 is 1.57 bits per heavy atom. The first kappa shape index (κ1) is 24.3. The van der Waals surface area contributed by atoms with Gasteiger partial charge in [-0.3, -0.25) is 14.6 Å². The number of hydrogen-bond donors (Lipinski definition) is 1. The van der Waals surface area contributed by atoms with Crippen molar-refractivity contribution in [3.63, 3.8) is 0 Å². The quantitative estimate of drug-likeness (QED) is 0.620. The molecule has 0 fully saturated rings. The van der Waals surface area contributed by atoms with E-state index < -0.39 is 17.8 Å². The van der Waals surface area contributed by atoms with E-state index in [9.17, 15) is 14.7 Å². The summed E-state index contributed by atoms with van der Waals surface area (Å²) in [5.74, 6) is -0.604. The molecule has 2 aromatic carbocycles. The van der Waals surface area contributed by atoms with Gasteiger partial charge in [-0.05, 0) is 54.7 Å². The van der Waals surface area contributed by atoms with Gasteiger partial charge in [-0.1, -0.05) is 12.1 Å². The van der Waals surface area contributed by atoms with Gasteiger partial charge in [0.15, 0.2) is 28.8 Å². The predicted molar refractivity (Wildman–Crippen MR) is 130 cm³/mol. The molecule has 184 valence electrons. The summed E-state index contributed by atoms with van der Waals surface area (Å²) >= 11 is 0. The number of methoxy groups -OCH3 is 4. The number of aliphatic imine (C=N–C) groups is 1. The number of nitrogens with zero attached hydrogens (tertiary/aromatic N) is 1. The maximum absolute atomic E-state index is 13.6. The Bertz CT molecular complexity index is 1230. The van der Waals surface area contributed by atoms with Crippen LogP contribution in [0.25, 0.3) is 0 Å². The molecule has 1 heterocycles. The van der Waals surface area contributed by atoms with Crippen molar-refractivity contribution in [2.24, 2.45) is 10.9 Å². The van der Waals surface area contributed by atoms with Crippen LogP contribution in [0.4, 0.5) is 0 Å². The molecule has 0 saturated carbocycles. The minimum atomic E-state index is -0.770. The number of rotatable bonds is 6. The zero-order valence-electron chi connectivity index (χ0n) is 20.5. The average Bonchev–Trinajstić information content (AvgIpc) is 2.86. The number of hydrogen-bond acceptors (Lipinski definition) is 8. The summed E-state index contributed by atoms with van der Waals surface area (Å²) in [6.45, 7) is 1.77. The highest BCUT2D eigenvalue weighted by Gasteiger charge is 2.44. The van der Waals surface area contributed by atoms with E-state index in [4.69, 9.17) is 23.9 Å². The Hall–Kier alpha value is -3.81. The molecule has 1 aliphatic heterocycles. The summed E-state index contributed by atoms with van der Waals surface area (Å²) in [4.78, 5) is 31.2. The van der Waals surface area contributed by atoms with Crippen molar-refractivity contribution in [1.29, 1.82) is 0 Å². The Balaban J connectivity index is 1.79. The van der Waals surface area contributed by atoms with Crippen LogP contribution in [-0.2, 0) is 14.3 Å². The highest BCUT2D eigenvalue weighted by molar-refractivity contribution is 6.09. The van der Waals surface area contributed by atoms with Crippen molar-refractivity contribution in [2.45, 2.75) is 31.6 Å². The second-order valence-corrected chi connectivity index (χ2v) is 8.67. The van der Waals surface area contributed by atoms with Crippen molar-refractivity contribution in [3.8, 4) is 23.0 Å².